The SMILES string of the molecule is COCn1ccc(C(=O)N2CCN(Cc3ccccc3F)CC2)n1. The zero-order valence-corrected chi connectivity index (χ0v) is 13.7. The van der Waals surface area contributed by atoms with Gasteiger partial charge in [0.05, 0.1) is 0 Å². The van der Waals surface area contributed by atoms with Crippen molar-refractivity contribution in [1.82, 2.24) is 19.6 Å². The Morgan fingerprint density at radius 3 is 2.67 bits per heavy atom. The molecule has 2 heterocycles. The number of hydrogen-bond donors (Lipinski definition) is 0. The van der Waals surface area contributed by atoms with E-state index in [2.05, 4.69) is 10.00 Å². The summed E-state index contributed by atoms with van der Waals surface area (Å²) in [5.74, 6) is -0.255. The molecule has 24 heavy (non-hydrogen) atoms. The van der Waals surface area contributed by atoms with Crippen molar-refractivity contribution in [1.29, 1.82) is 0 Å². The molecule has 1 aliphatic heterocycles. The predicted octanol–water partition coefficient (Wildman–Crippen LogP) is 1.58. The summed E-state index contributed by atoms with van der Waals surface area (Å²) in [6.45, 7) is 3.56. The summed E-state index contributed by atoms with van der Waals surface area (Å²) in [6, 6.07) is 8.51. The van der Waals surface area contributed by atoms with E-state index in [-0.39, 0.29) is 11.7 Å². The molecule has 1 fully saturated rings. The van der Waals surface area contributed by atoms with Crippen molar-refractivity contribution in [3.8, 4) is 0 Å². The molecule has 1 saturated heterocycles. The molecule has 3 rings (SSSR count). The Morgan fingerprint density at radius 2 is 1.96 bits per heavy atom. The van der Waals surface area contributed by atoms with Crippen molar-refractivity contribution in [2.75, 3.05) is 33.3 Å². The number of aromatic nitrogens is 2. The number of carbonyl (C=O) groups excluding carboxylic acids is 1. The number of benzene rings is 1. The summed E-state index contributed by atoms with van der Waals surface area (Å²) in [5, 5.41) is 4.21. The van der Waals surface area contributed by atoms with Crippen LogP contribution in [-0.2, 0) is 18.0 Å². The maximum absolute atomic E-state index is 13.7. The van der Waals surface area contributed by atoms with E-state index in [9.17, 15) is 9.18 Å². The zero-order valence-electron chi connectivity index (χ0n) is 13.7. The van der Waals surface area contributed by atoms with Gasteiger partial charge in [-0.15, -0.1) is 0 Å². The van der Waals surface area contributed by atoms with Gasteiger partial charge >= 0.3 is 0 Å². The van der Waals surface area contributed by atoms with Gasteiger partial charge in [0.15, 0.2) is 0 Å². The summed E-state index contributed by atoms with van der Waals surface area (Å²) < 4.78 is 20.3. The predicted molar refractivity (Wildman–Crippen MR) is 86.8 cm³/mol. The Kier molecular flexibility index (Phi) is 5.22. The lowest BCUT2D eigenvalue weighted by molar-refractivity contribution is 0.0617. The van der Waals surface area contributed by atoms with E-state index >= 15 is 0 Å². The Hall–Kier alpha value is -2.25. The standard InChI is InChI=1S/C17H21FN4O2/c1-24-13-22-7-6-16(19-22)17(23)21-10-8-20(9-11-21)12-14-4-2-3-5-15(14)18/h2-7H,8-13H2,1H3. The normalized spacial score (nSPS) is 15.7. The zero-order chi connectivity index (χ0) is 16.9. The van der Waals surface area contributed by atoms with E-state index < -0.39 is 0 Å². The Balaban J connectivity index is 1.54. The van der Waals surface area contributed by atoms with E-state index in [0.29, 0.717) is 37.6 Å². The monoisotopic (exact) mass is 332 g/mol. The van der Waals surface area contributed by atoms with E-state index in [1.165, 1.54) is 6.07 Å². The van der Waals surface area contributed by atoms with Gasteiger partial charge in [0.25, 0.3) is 5.91 Å². The highest BCUT2D eigenvalue weighted by atomic mass is 19.1. The van der Waals surface area contributed by atoms with Gasteiger partial charge in [-0.2, -0.15) is 5.10 Å². The molecular weight excluding hydrogens is 311 g/mol. The number of methoxy groups -OCH3 is 1. The maximum Gasteiger partial charge on any atom is 0.274 e. The fourth-order valence-corrected chi connectivity index (χ4v) is 2.82. The fourth-order valence-electron chi connectivity index (χ4n) is 2.82. The van der Waals surface area contributed by atoms with Crippen molar-refractivity contribution < 1.29 is 13.9 Å². The Morgan fingerprint density at radius 1 is 1.21 bits per heavy atom. The molecule has 2 aromatic rings. The molecule has 0 spiro atoms. The third-order valence-corrected chi connectivity index (χ3v) is 4.13. The lowest BCUT2D eigenvalue weighted by Crippen LogP contribution is -2.48. The minimum Gasteiger partial charge on any atom is -0.362 e. The van der Waals surface area contributed by atoms with Gasteiger partial charge in [0.2, 0.25) is 0 Å². The minimum atomic E-state index is -0.181. The first-order valence-corrected chi connectivity index (χ1v) is 7.95. The van der Waals surface area contributed by atoms with Crippen molar-refractivity contribution in [3.05, 3.63) is 53.6 Å². The van der Waals surface area contributed by atoms with Crippen LogP contribution in [0.3, 0.4) is 0 Å². The van der Waals surface area contributed by atoms with Gasteiger partial charge in [-0.25, -0.2) is 9.07 Å². The van der Waals surface area contributed by atoms with Crippen LogP contribution in [0.5, 0.6) is 0 Å². The lowest BCUT2D eigenvalue weighted by Gasteiger charge is -2.34. The average molecular weight is 332 g/mol. The second kappa shape index (κ2) is 7.55. The molecule has 6 nitrogen and oxygen atoms in total. The second-order valence-corrected chi connectivity index (χ2v) is 5.82. The van der Waals surface area contributed by atoms with E-state index in [1.807, 2.05) is 6.07 Å². The van der Waals surface area contributed by atoms with Crippen LogP contribution in [0.1, 0.15) is 16.1 Å². The molecule has 0 unspecified atom stereocenters. The minimum absolute atomic E-state index is 0.0737. The van der Waals surface area contributed by atoms with Crippen molar-refractivity contribution in [3.63, 3.8) is 0 Å². The van der Waals surface area contributed by atoms with Crippen LogP contribution in [0.2, 0.25) is 0 Å². The highest BCUT2D eigenvalue weighted by Crippen LogP contribution is 2.13. The van der Waals surface area contributed by atoms with Crippen LogP contribution >= 0.6 is 0 Å². The number of halogens is 1. The maximum atomic E-state index is 13.7. The first-order valence-electron chi connectivity index (χ1n) is 7.95. The molecule has 1 aromatic carbocycles. The molecule has 0 radical (unpaired) electrons. The van der Waals surface area contributed by atoms with Gasteiger partial charge in [0.1, 0.15) is 18.2 Å². The first-order chi connectivity index (χ1) is 11.7. The summed E-state index contributed by atoms with van der Waals surface area (Å²) >= 11 is 0. The van der Waals surface area contributed by atoms with E-state index in [1.54, 1.807) is 41.1 Å². The first kappa shape index (κ1) is 16.6. The van der Waals surface area contributed by atoms with Crippen LogP contribution < -0.4 is 0 Å². The molecule has 128 valence electrons. The van der Waals surface area contributed by atoms with Crippen LogP contribution in [-0.4, -0.2) is 58.8 Å². The number of nitrogens with zero attached hydrogens (tertiary/aromatic N) is 4. The van der Waals surface area contributed by atoms with E-state index in [0.717, 1.165) is 13.1 Å². The highest BCUT2D eigenvalue weighted by molar-refractivity contribution is 5.92. The Bertz CT molecular complexity index is 695. The van der Waals surface area contributed by atoms with Gasteiger partial charge < -0.3 is 9.64 Å². The summed E-state index contributed by atoms with van der Waals surface area (Å²) in [5.41, 5.74) is 1.12. The number of amides is 1. The van der Waals surface area contributed by atoms with Gasteiger partial charge in [-0.3, -0.25) is 9.69 Å². The fraction of sp³-hybridized carbons (Fsp3) is 0.412. The molecule has 7 heteroatoms. The Labute approximate surface area is 140 Å². The number of carbonyl (C=O) groups is 1. The lowest BCUT2D eigenvalue weighted by atomic mass is 10.2. The second-order valence-electron chi connectivity index (χ2n) is 5.82. The third kappa shape index (κ3) is 3.80. The molecule has 1 aromatic heterocycles. The number of ether oxygens (including phenoxy) is 1. The summed E-state index contributed by atoms with van der Waals surface area (Å²) in [6.07, 6.45) is 1.73. The molecule has 1 amide bonds. The molecule has 0 atom stereocenters. The van der Waals surface area contributed by atoms with E-state index in [4.69, 9.17) is 4.74 Å². The summed E-state index contributed by atoms with van der Waals surface area (Å²) in [7, 11) is 1.58. The molecule has 0 aliphatic carbocycles. The van der Waals surface area contributed by atoms with Crippen LogP contribution in [0.4, 0.5) is 4.39 Å². The number of piperazine rings is 1. The summed E-state index contributed by atoms with van der Waals surface area (Å²) in [4.78, 5) is 16.4. The van der Waals surface area contributed by atoms with Crippen LogP contribution in [0, 0.1) is 5.82 Å². The van der Waals surface area contributed by atoms with Gasteiger partial charge in [0, 0.05) is 51.6 Å². The molecule has 0 saturated carbocycles. The molecule has 0 N–H and O–H groups in total. The van der Waals surface area contributed by atoms with Crippen LogP contribution in [0.25, 0.3) is 0 Å². The van der Waals surface area contributed by atoms with Crippen molar-refractivity contribution >= 4 is 5.91 Å². The largest absolute Gasteiger partial charge is 0.362 e. The number of hydrogen-bond acceptors (Lipinski definition) is 4. The topological polar surface area (TPSA) is 50.6 Å². The smallest absolute Gasteiger partial charge is 0.274 e. The van der Waals surface area contributed by atoms with Crippen molar-refractivity contribution in [2.24, 2.45) is 0 Å². The van der Waals surface area contributed by atoms with Gasteiger partial charge in [-0.1, -0.05) is 18.2 Å². The van der Waals surface area contributed by atoms with Crippen molar-refractivity contribution in [2.45, 2.75) is 13.3 Å². The number of rotatable bonds is 5. The van der Waals surface area contributed by atoms with Crippen LogP contribution in [0.15, 0.2) is 36.5 Å². The average Bonchev–Trinajstić information content (AvgIpc) is 3.06. The molecule has 0 bridgehead atoms. The molecular formula is C17H21FN4O2. The van der Waals surface area contributed by atoms with Gasteiger partial charge in [-0.05, 0) is 12.1 Å². The third-order valence-electron chi connectivity index (χ3n) is 4.13. The quantitative estimate of drug-likeness (QED) is 0.834. The molecule has 1 aliphatic rings. The highest BCUT2D eigenvalue weighted by Gasteiger charge is 2.24.